The molecule has 0 saturated heterocycles. The van der Waals surface area contributed by atoms with Gasteiger partial charge in [-0.3, -0.25) is 0 Å². The first-order valence-electron chi connectivity index (χ1n) is 4.44. The number of hydrogen-bond acceptors (Lipinski definition) is 3. The summed E-state index contributed by atoms with van der Waals surface area (Å²) >= 11 is 3.39. The normalized spacial score (nSPS) is 11.9. The van der Waals surface area contributed by atoms with Gasteiger partial charge in [-0.1, -0.05) is 6.07 Å². The van der Waals surface area contributed by atoms with E-state index in [0.717, 1.165) is 4.88 Å². The molecule has 0 bridgehead atoms. The molecule has 0 aliphatic rings. The van der Waals surface area contributed by atoms with Gasteiger partial charge in [0.05, 0.1) is 5.60 Å². The van der Waals surface area contributed by atoms with Crippen LogP contribution in [0, 0.1) is 0 Å². The molecule has 0 radical (unpaired) electrons. The molecule has 1 nitrogen and oxygen atoms in total. The van der Waals surface area contributed by atoms with Gasteiger partial charge in [0, 0.05) is 14.6 Å². The number of aliphatic hydroxyl groups is 1. The molecule has 14 heavy (non-hydrogen) atoms. The van der Waals surface area contributed by atoms with Crippen molar-refractivity contribution in [3.8, 4) is 9.75 Å². The van der Waals surface area contributed by atoms with Gasteiger partial charge in [0.25, 0.3) is 0 Å². The summed E-state index contributed by atoms with van der Waals surface area (Å²) in [6.45, 7) is 3.63. The van der Waals surface area contributed by atoms with Crippen molar-refractivity contribution in [2.45, 2.75) is 19.4 Å². The van der Waals surface area contributed by atoms with E-state index in [2.05, 4.69) is 17.5 Å². The van der Waals surface area contributed by atoms with E-state index in [-0.39, 0.29) is 0 Å². The van der Waals surface area contributed by atoms with Crippen LogP contribution in [-0.4, -0.2) is 5.11 Å². The van der Waals surface area contributed by atoms with Crippen LogP contribution >= 0.6 is 22.7 Å². The molecule has 3 heteroatoms. The van der Waals surface area contributed by atoms with Gasteiger partial charge in [-0.15, -0.1) is 22.7 Å². The average molecular weight is 224 g/mol. The first kappa shape index (κ1) is 9.90. The summed E-state index contributed by atoms with van der Waals surface area (Å²) in [5, 5.41) is 11.9. The molecule has 2 aromatic rings. The van der Waals surface area contributed by atoms with Gasteiger partial charge in [-0.2, -0.15) is 0 Å². The molecule has 0 fully saturated rings. The molecular weight excluding hydrogens is 212 g/mol. The minimum atomic E-state index is -0.722. The van der Waals surface area contributed by atoms with Crippen molar-refractivity contribution in [1.82, 2.24) is 0 Å². The van der Waals surface area contributed by atoms with Crippen LogP contribution in [0.5, 0.6) is 0 Å². The summed E-state index contributed by atoms with van der Waals surface area (Å²) in [6.07, 6.45) is 0. The molecule has 1 N–H and O–H groups in total. The molecule has 2 rings (SSSR count). The lowest BCUT2D eigenvalue weighted by Crippen LogP contribution is -2.12. The molecule has 0 spiro atoms. The Hall–Kier alpha value is -0.640. The third-order valence-corrected chi connectivity index (χ3v) is 4.44. The van der Waals surface area contributed by atoms with Crippen molar-refractivity contribution in [3.05, 3.63) is 34.5 Å². The smallest absolute Gasteiger partial charge is 0.0932 e. The second-order valence-electron chi connectivity index (χ2n) is 3.70. The quantitative estimate of drug-likeness (QED) is 0.824. The zero-order valence-corrected chi connectivity index (χ0v) is 9.78. The lowest BCUT2D eigenvalue weighted by atomic mass is 10.1. The Morgan fingerprint density at radius 1 is 1.14 bits per heavy atom. The Bertz CT molecular complexity index is 407. The fourth-order valence-corrected chi connectivity index (χ4v) is 3.06. The lowest BCUT2D eigenvalue weighted by Gasteiger charge is -2.13. The first-order valence-corrected chi connectivity index (χ1v) is 6.13. The molecule has 0 aliphatic carbocycles. The van der Waals surface area contributed by atoms with Crippen LogP contribution in [0.15, 0.2) is 29.6 Å². The van der Waals surface area contributed by atoms with E-state index in [1.807, 2.05) is 26.0 Å². The minimum absolute atomic E-state index is 0.722. The number of rotatable bonds is 2. The van der Waals surface area contributed by atoms with Crippen molar-refractivity contribution in [3.63, 3.8) is 0 Å². The van der Waals surface area contributed by atoms with Crippen LogP contribution in [0.2, 0.25) is 0 Å². The summed E-state index contributed by atoms with van der Waals surface area (Å²) < 4.78 is 0. The SMILES string of the molecule is CC(C)(O)c1ccc(-c2cccs2)s1. The van der Waals surface area contributed by atoms with E-state index in [1.54, 1.807) is 22.7 Å². The molecule has 0 amide bonds. The summed E-state index contributed by atoms with van der Waals surface area (Å²) in [4.78, 5) is 3.52. The minimum Gasteiger partial charge on any atom is -0.385 e. The van der Waals surface area contributed by atoms with E-state index in [1.165, 1.54) is 9.75 Å². The topological polar surface area (TPSA) is 20.2 Å². The Balaban J connectivity index is 2.36. The molecule has 0 aromatic carbocycles. The Morgan fingerprint density at radius 3 is 2.43 bits per heavy atom. The standard InChI is InChI=1S/C11H12OS2/c1-11(2,12)10-6-5-9(14-10)8-4-3-7-13-8/h3-7,12H,1-2H3. The highest BCUT2D eigenvalue weighted by Crippen LogP contribution is 2.35. The molecular formula is C11H12OS2. The fourth-order valence-electron chi connectivity index (χ4n) is 1.22. The van der Waals surface area contributed by atoms with Crippen molar-refractivity contribution >= 4 is 22.7 Å². The van der Waals surface area contributed by atoms with E-state index in [0.29, 0.717) is 0 Å². The van der Waals surface area contributed by atoms with Crippen molar-refractivity contribution in [1.29, 1.82) is 0 Å². The second kappa shape index (κ2) is 3.50. The van der Waals surface area contributed by atoms with Crippen LogP contribution in [0.25, 0.3) is 9.75 Å². The van der Waals surface area contributed by atoms with Crippen molar-refractivity contribution in [2.75, 3.05) is 0 Å². The van der Waals surface area contributed by atoms with Gasteiger partial charge in [-0.05, 0) is 37.4 Å². The fraction of sp³-hybridized carbons (Fsp3) is 0.273. The maximum absolute atomic E-state index is 9.81. The first-order chi connectivity index (χ1) is 6.57. The van der Waals surface area contributed by atoms with E-state index in [9.17, 15) is 5.11 Å². The van der Waals surface area contributed by atoms with Crippen LogP contribution in [0.3, 0.4) is 0 Å². The summed E-state index contributed by atoms with van der Waals surface area (Å²) in [6, 6.07) is 8.22. The predicted octanol–water partition coefficient (Wildman–Crippen LogP) is 3.70. The predicted molar refractivity (Wildman–Crippen MR) is 62.9 cm³/mol. The van der Waals surface area contributed by atoms with Crippen LogP contribution < -0.4 is 0 Å². The van der Waals surface area contributed by atoms with Gasteiger partial charge in [0.1, 0.15) is 0 Å². The molecule has 74 valence electrons. The Labute approximate surface area is 91.7 Å². The molecule has 2 heterocycles. The van der Waals surface area contributed by atoms with Crippen LogP contribution in [0.1, 0.15) is 18.7 Å². The Kier molecular flexibility index (Phi) is 2.47. The van der Waals surface area contributed by atoms with Crippen molar-refractivity contribution < 1.29 is 5.11 Å². The van der Waals surface area contributed by atoms with E-state index in [4.69, 9.17) is 0 Å². The maximum atomic E-state index is 9.81. The molecule has 0 aliphatic heterocycles. The zero-order chi connectivity index (χ0) is 10.2. The highest BCUT2D eigenvalue weighted by molar-refractivity contribution is 7.21. The van der Waals surface area contributed by atoms with Gasteiger partial charge in [-0.25, -0.2) is 0 Å². The number of hydrogen-bond donors (Lipinski definition) is 1. The molecule has 2 aromatic heterocycles. The van der Waals surface area contributed by atoms with E-state index >= 15 is 0 Å². The second-order valence-corrected chi connectivity index (χ2v) is 5.73. The third kappa shape index (κ3) is 1.90. The highest BCUT2D eigenvalue weighted by Gasteiger charge is 2.18. The van der Waals surface area contributed by atoms with Crippen LogP contribution in [-0.2, 0) is 5.60 Å². The molecule has 0 unspecified atom stereocenters. The van der Waals surface area contributed by atoms with Gasteiger partial charge >= 0.3 is 0 Å². The zero-order valence-electron chi connectivity index (χ0n) is 8.15. The van der Waals surface area contributed by atoms with Gasteiger partial charge < -0.3 is 5.11 Å². The average Bonchev–Trinajstić information content (AvgIpc) is 2.73. The Morgan fingerprint density at radius 2 is 1.93 bits per heavy atom. The van der Waals surface area contributed by atoms with Crippen LogP contribution in [0.4, 0.5) is 0 Å². The van der Waals surface area contributed by atoms with Gasteiger partial charge in [0.15, 0.2) is 0 Å². The van der Waals surface area contributed by atoms with Gasteiger partial charge in [0.2, 0.25) is 0 Å². The summed E-state index contributed by atoms with van der Waals surface area (Å²) in [5.41, 5.74) is -0.722. The molecule has 0 saturated carbocycles. The largest absolute Gasteiger partial charge is 0.385 e. The summed E-state index contributed by atoms with van der Waals surface area (Å²) in [7, 11) is 0. The highest BCUT2D eigenvalue weighted by atomic mass is 32.1. The van der Waals surface area contributed by atoms with E-state index < -0.39 is 5.60 Å². The monoisotopic (exact) mass is 224 g/mol. The molecule has 0 atom stereocenters. The third-order valence-electron chi connectivity index (χ3n) is 1.97. The summed E-state index contributed by atoms with van der Waals surface area (Å²) in [5.74, 6) is 0. The lowest BCUT2D eigenvalue weighted by molar-refractivity contribution is 0.0826. The maximum Gasteiger partial charge on any atom is 0.0932 e. The number of thiophene rings is 2. The van der Waals surface area contributed by atoms with Crippen molar-refractivity contribution in [2.24, 2.45) is 0 Å².